The second kappa shape index (κ2) is 9.07. The number of nitrogens with zero attached hydrogens (tertiary/aromatic N) is 5. The van der Waals surface area contributed by atoms with E-state index in [1.807, 2.05) is 42.3 Å². The summed E-state index contributed by atoms with van der Waals surface area (Å²) in [6.07, 6.45) is 7.15. The van der Waals surface area contributed by atoms with E-state index < -0.39 is 0 Å². The number of likely N-dealkylation sites (tertiary alicyclic amines) is 1. The monoisotopic (exact) mass is 418 g/mol. The molecular formula is C23H26N6O2. The van der Waals surface area contributed by atoms with Crippen LogP contribution in [0.4, 0.5) is 5.95 Å². The van der Waals surface area contributed by atoms with Crippen LogP contribution in [0.15, 0.2) is 48.9 Å². The maximum absolute atomic E-state index is 13.2. The van der Waals surface area contributed by atoms with Crippen LogP contribution in [0, 0.1) is 0 Å². The highest BCUT2D eigenvalue weighted by Gasteiger charge is 2.28. The molecule has 31 heavy (non-hydrogen) atoms. The van der Waals surface area contributed by atoms with Gasteiger partial charge in [-0.3, -0.25) is 14.6 Å². The van der Waals surface area contributed by atoms with Crippen LogP contribution in [-0.2, 0) is 0 Å². The van der Waals surface area contributed by atoms with Gasteiger partial charge in [0.05, 0.1) is 5.56 Å². The van der Waals surface area contributed by atoms with E-state index in [0.29, 0.717) is 36.7 Å². The Morgan fingerprint density at radius 2 is 1.84 bits per heavy atom. The topological polar surface area (TPSA) is 91.3 Å². The molecule has 1 aliphatic rings. The van der Waals surface area contributed by atoms with Crippen LogP contribution in [0.2, 0.25) is 0 Å². The third-order valence-corrected chi connectivity index (χ3v) is 5.85. The average Bonchev–Trinajstić information content (AvgIpc) is 3.09. The van der Waals surface area contributed by atoms with Gasteiger partial charge in [0.15, 0.2) is 0 Å². The normalized spacial score (nSPS) is 16.6. The van der Waals surface area contributed by atoms with E-state index in [9.17, 15) is 9.59 Å². The van der Waals surface area contributed by atoms with Crippen LogP contribution in [0.1, 0.15) is 40.1 Å². The number of nitrogens with one attached hydrogen (secondary N) is 1. The fourth-order valence-corrected chi connectivity index (χ4v) is 4.04. The van der Waals surface area contributed by atoms with Gasteiger partial charge in [-0.2, -0.15) is 0 Å². The second-order valence-corrected chi connectivity index (χ2v) is 7.72. The number of aromatic nitrogens is 3. The van der Waals surface area contributed by atoms with Crippen LogP contribution in [0.25, 0.3) is 10.8 Å². The summed E-state index contributed by atoms with van der Waals surface area (Å²) in [6.45, 7) is 1.23. The highest BCUT2D eigenvalue weighted by atomic mass is 16.2. The summed E-state index contributed by atoms with van der Waals surface area (Å²) < 4.78 is 0. The lowest BCUT2D eigenvalue weighted by Gasteiger charge is -2.27. The van der Waals surface area contributed by atoms with Crippen LogP contribution in [-0.4, -0.2) is 69.8 Å². The number of pyridine rings is 1. The molecule has 2 amide bonds. The first-order valence-corrected chi connectivity index (χ1v) is 10.5. The molecule has 0 aliphatic carbocycles. The zero-order valence-corrected chi connectivity index (χ0v) is 17.8. The predicted octanol–water partition coefficient (Wildman–Crippen LogP) is 2.83. The summed E-state index contributed by atoms with van der Waals surface area (Å²) in [5.41, 5.74) is 0.946. The molecule has 1 fully saturated rings. The summed E-state index contributed by atoms with van der Waals surface area (Å²) in [4.78, 5) is 42.3. The predicted molar refractivity (Wildman–Crippen MR) is 119 cm³/mol. The third kappa shape index (κ3) is 4.33. The van der Waals surface area contributed by atoms with Crippen molar-refractivity contribution in [2.75, 3.05) is 32.5 Å². The number of carbonyl (C=O) groups is 2. The van der Waals surface area contributed by atoms with Gasteiger partial charge in [-0.1, -0.05) is 24.3 Å². The molecular weight excluding hydrogens is 392 g/mol. The zero-order valence-electron chi connectivity index (χ0n) is 17.8. The number of hydrogen-bond donors (Lipinski definition) is 1. The molecule has 1 atom stereocenters. The molecule has 0 spiro atoms. The molecule has 0 bridgehead atoms. The van der Waals surface area contributed by atoms with Gasteiger partial charge in [0, 0.05) is 57.2 Å². The van der Waals surface area contributed by atoms with Crippen molar-refractivity contribution in [3.63, 3.8) is 0 Å². The quantitative estimate of drug-likeness (QED) is 0.701. The van der Waals surface area contributed by atoms with E-state index in [-0.39, 0.29) is 17.9 Å². The van der Waals surface area contributed by atoms with Crippen molar-refractivity contribution < 1.29 is 9.59 Å². The highest BCUT2D eigenvalue weighted by molar-refractivity contribution is 6.05. The summed E-state index contributed by atoms with van der Waals surface area (Å²) in [7, 11) is 3.57. The van der Waals surface area contributed by atoms with Gasteiger partial charge in [0.2, 0.25) is 5.95 Å². The van der Waals surface area contributed by atoms with Crippen LogP contribution < -0.4 is 5.32 Å². The molecule has 1 N–H and O–H groups in total. The number of amides is 2. The minimum atomic E-state index is -0.0855. The Balaban J connectivity index is 1.45. The first kappa shape index (κ1) is 20.7. The van der Waals surface area contributed by atoms with Crippen molar-refractivity contribution in [1.29, 1.82) is 0 Å². The molecule has 1 saturated heterocycles. The van der Waals surface area contributed by atoms with Crippen molar-refractivity contribution in [1.82, 2.24) is 24.8 Å². The molecule has 8 nitrogen and oxygen atoms in total. The number of rotatable bonds is 4. The second-order valence-electron chi connectivity index (χ2n) is 7.72. The molecule has 1 aliphatic heterocycles. The third-order valence-electron chi connectivity index (χ3n) is 5.85. The Labute approximate surface area is 181 Å². The summed E-state index contributed by atoms with van der Waals surface area (Å²) >= 11 is 0. The van der Waals surface area contributed by atoms with Gasteiger partial charge >= 0.3 is 0 Å². The standard InChI is InChI=1S/C23H26N6O2/c1-24-23-26-14-17(15-27-23)21(30)29-12-5-7-18(10-13-29)28(2)22(31)20-19-8-4-3-6-16(19)9-11-25-20/h3-4,6,8-9,11,14-15,18H,5,7,10,12-13H2,1-2H3,(H,24,26,27). The van der Waals surface area contributed by atoms with Gasteiger partial charge < -0.3 is 15.1 Å². The van der Waals surface area contributed by atoms with Crippen LogP contribution in [0.5, 0.6) is 0 Å². The van der Waals surface area contributed by atoms with Crippen LogP contribution >= 0.6 is 0 Å². The lowest BCUT2D eigenvalue weighted by Crippen LogP contribution is -2.39. The smallest absolute Gasteiger partial charge is 0.273 e. The average molecular weight is 419 g/mol. The molecule has 2 aromatic heterocycles. The molecule has 3 heterocycles. The summed E-state index contributed by atoms with van der Waals surface area (Å²) in [5.74, 6) is 0.320. The number of fused-ring (bicyclic) bond motifs is 1. The Hall–Kier alpha value is -3.55. The van der Waals surface area contributed by atoms with E-state index in [4.69, 9.17) is 0 Å². The molecule has 1 aromatic carbocycles. The minimum absolute atomic E-state index is 0.0500. The van der Waals surface area contributed by atoms with E-state index >= 15 is 0 Å². The molecule has 160 valence electrons. The van der Waals surface area contributed by atoms with Gasteiger partial charge in [0.25, 0.3) is 11.8 Å². The number of hydrogen-bond acceptors (Lipinski definition) is 6. The lowest BCUT2D eigenvalue weighted by atomic mass is 10.1. The van der Waals surface area contributed by atoms with Crippen molar-refractivity contribution in [3.8, 4) is 0 Å². The number of carbonyl (C=O) groups excluding carboxylic acids is 2. The van der Waals surface area contributed by atoms with Gasteiger partial charge in [-0.05, 0) is 30.7 Å². The van der Waals surface area contributed by atoms with E-state index in [2.05, 4.69) is 20.3 Å². The molecule has 0 saturated carbocycles. The molecule has 3 aromatic rings. The highest BCUT2D eigenvalue weighted by Crippen LogP contribution is 2.22. The molecule has 8 heteroatoms. The van der Waals surface area contributed by atoms with Crippen LogP contribution in [0.3, 0.4) is 0 Å². The first-order chi connectivity index (χ1) is 15.1. The van der Waals surface area contributed by atoms with Crippen molar-refractivity contribution in [2.45, 2.75) is 25.3 Å². The largest absolute Gasteiger partial charge is 0.357 e. The fourth-order valence-electron chi connectivity index (χ4n) is 4.04. The SMILES string of the molecule is CNc1ncc(C(=O)N2CCCC(N(C)C(=O)c3nccc4ccccc34)CC2)cn1. The summed E-state index contributed by atoms with van der Waals surface area (Å²) in [5, 5.41) is 4.70. The summed E-state index contributed by atoms with van der Waals surface area (Å²) in [6, 6.07) is 9.74. The molecule has 4 rings (SSSR count). The van der Waals surface area contributed by atoms with Gasteiger partial charge in [-0.25, -0.2) is 9.97 Å². The maximum atomic E-state index is 13.2. The molecule has 0 radical (unpaired) electrons. The zero-order chi connectivity index (χ0) is 21.8. The van der Waals surface area contributed by atoms with E-state index in [0.717, 1.165) is 23.6 Å². The fraction of sp³-hybridized carbons (Fsp3) is 0.348. The Kier molecular flexibility index (Phi) is 6.06. The van der Waals surface area contributed by atoms with Crippen molar-refractivity contribution >= 4 is 28.5 Å². The van der Waals surface area contributed by atoms with Gasteiger partial charge in [0.1, 0.15) is 5.69 Å². The van der Waals surface area contributed by atoms with Crippen molar-refractivity contribution in [3.05, 3.63) is 60.2 Å². The number of anilines is 1. The van der Waals surface area contributed by atoms with Gasteiger partial charge in [-0.15, -0.1) is 0 Å². The van der Waals surface area contributed by atoms with E-state index in [1.165, 1.54) is 0 Å². The lowest BCUT2D eigenvalue weighted by molar-refractivity contribution is 0.0707. The van der Waals surface area contributed by atoms with E-state index in [1.54, 1.807) is 30.5 Å². The Morgan fingerprint density at radius 1 is 1.06 bits per heavy atom. The first-order valence-electron chi connectivity index (χ1n) is 10.5. The molecule has 1 unspecified atom stereocenters. The number of benzene rings is 1. The van der Waals surface area contributed by atoms with Crippen molar-refractivity contribution in [2.24, 2.45) is 0 Å². The Morgan fingerprint density at radius 3 is 2.61 bits per heavy atom. The maximum Gasteiger partial charge on any atom is 0.273 e. The minimum Gasteiger partial charge on any atom is -0.357 e. The Bertz CT molecular complexity index is 1080.